The van der Waals surface area contributed by atoms with Crippen LogP contribution in [0.4, 0.5) is 0 Å². The van der Waals surface area contributed by atoms with Gasteiger partial charge in [-0.15, -0.1) is 0 Å². The summed E-state index contributed by atoms with van der Waals surface area (Å²) in [6.07, 6.45) is 3.34. The third kappa shape index (κ3) is 5.48. The van der Waals surface area contributed by atoms with Crippen LogP contribution in [0.15, 0.2) is 30.3 Å². The van der Waals surface area contributed by atoms with Crippen LogP contribution < -0.4 is 11.1 Å². The molecule has 4 N–H and O–H groups in total. The van der Waals surface area contributed by atoms with Gasteiger partial charge in [0.15, 0.2) is 0 Å². The molecule has 0 radical (unpaired) electrons. The maximum Gasteiger partial charge on any atom is 0.308 e. The zero-order valence-corrected chi connectivity index (χ0v) is 11.7. The van der Waals surface area contributed by atoms with Crippen molar-refractivity contribution in [1.29, 1.82) is 0 Å². The van der Waals surface area contributed by atoms with Crippen LogP contribution in [-0.4, -0.2) is 29.4 Å². The molecule has 0 fully saturated rings. The quantitative estimate of drug-likeness (QED) is 0.651. The minimum atomic E-state index is -0.927. The van der Waals surface area contributed by atoms with E-state index >= 15 is 0 Å². The van der Waals surface area contributed by atoms with Crippen molar-refractivity contribution < 1.29 is 19.5 Å². The van der Waals surface area contributed by atoms with Crippen LogP contribution in [0, 0.1) is 5.92 Å². The lowest BCUT2D eigenvalue weighted by molar-refractivity contribution is -0.141. The van der Waals surface area contributed by atoms with Gasteiger partial charge in [-0.25, -0.2) is 0 Å². The highest BCUT2D eigenvalue weighted by atomic mass is 16.4. The first-order valence-corrected chi connectivity index (χ1v) is 6.52. The molecule has 1 atom stereocenters. The Morgan fingerprint density at radius 1 is 1.29 bits per heavy atom. The third-order valence-corrected chi connectivity index (χ3v) is 2.99. The van der Waals surface area contributed by atoms with Crippen molar-refractivity contribution in [3.63, 3.8) is 0 Å². The highest BCUT2D eigenvalue weighted by Crippen LogP contribution is 2.06. The molecule has 0 saturated heterocycles. The summed E-state index contributed by atoms with van der Waals surface area (Å²) in [4.78, 5) is 33.3. The Morgan fingerprint density at radius 2 is 1.90 bits per heavy atom. The van der Waals surface area contributed by atoms with E-state index in [2.05, 4.69) is 5.32 Å². The summed E-state index contributed by atoms with van der Waals surface area (Å²) in [6, 6.07) is 6.46. The molecule has 0 heterocycles. The molecule has 1 rings (SSSR count). The van der Waals surface area contributed by atoms with Gasteiger partial charge in [-0.3, -0.25) is 14.4 Å². The van der Waals surface area contributed by atoms with Gasteiger partial charge in [0.05, 0.1) is 5.92 Å². The number of hydrogen-bond donors (Lipinski definition) is 3. The fourth-order valence-corrected chi connectivity index (χ4v) is 1.62. The van der Waals surface area contributed by atoms with Crippen molar-refractivity contribution in [3.8, 4) is 0 Å². The second kappa shape index (κ2) is 7.84. The Balaban J connectivity index is 2.54. The number of nitrogens with one attached hydrogen (secondary N) is 1. The molecule has 0 aromatic heterocycles. The van der Waals surface area contributed by atoms with E-state index in [1.807, 2.05) is 0 Å². The summed E-state index contributed by atoms with van der Waals surface area (Å²) in [7, 11) is 0. The van der Waals surface area contributed by atoms with Gasteiger partial charge in [-0.05, 0) is 30.2 Å². The molecular weight excluding hydrogens is 272 g/mol. The zero-order chi connectivity index (χ0) is 15.8. The lowest BCUT2D eigenvalue weighted by Crippen LogP contribution is -2.31. The molecule has 21 heavy (non-hydrogen) atoms. The maximum atomic E-state index is 11.6. The second-order valence-electron chi connectivity index (χ2n) is 4.51. The largest absolute Gasteiger partial charge is 0.481 e. The molecule has 0 aliphatic heterocycles. The van der Waals surface area contributed by atoms with Crippen molar-refractivity contribution in [2.45, 2.75) is 13.3 Å². The number of aliphatic carboxylic acids is 1. The van der Waals surface area contributed by atoms with Gasteiger partial charge < -0.3 is 16.2 Å². The van der Waals surface area contributed by atoms with Crippen LogP contribution in [0.25, 0.3) is 6.08 Å². The summed E-state index contributed by atoms with van der Waals surface area (Å²) in [6.45, 7) is 1.84. The van der Waals surface area contributed by atoms with Gasteiger partial charge in [-0.1, -0.05) is 19.1 Å². The number of carboxylic acid groups (broad SMARTS) is 1. The van der Waals surface area contributed by atoms with Gasteiger partial charge in [0.25, 0.3) is 0 Å². The van der Waals surface area contributed by atoms with E-state index in [9.17, 15) is 14.4 Å². The Bertz CT molecular complexity index is 549. The molecule has 6 heteroatoms. The molecule has 0 saturated carbocycles. The van der Waals surface area contributed by atoms with Crippen LogP contribution in [-0.2, 0) is 9.59 Å². The van der Waals surface area contributed by atoms with Gasteiger partial charge in [-0.2, -0.15) is 0 Å². The number of primary amides is 1. The van der Waals surface area contributed by atoms with E-state index in [1.165, 1.54) is 6.08 Å². The summed E-state index contributed by atoms with van der Waals surface area (Å²) >= 11 is 0. The molecule has 112 valence electrons. The number of carboxylic acids is 1. The fraction of sp³-hybridized carbons (Fsp3) is 0.267. The van der Waals surface area contributed by atoms with Crippen molar-refractivity contribution in [2.75, 3.05) is 6.54 Å². The van der Waals surface area contributed by atoms with Crippen LogP contribution in [0.5, 0.6) is 0 Å². The van der Waals surface area contributed by atoms with Gasteiger partial charge in [0.1, 0.15) is 0 Å². The SMILES string of the molecule is CCC(CNC(=O)C=Cc1ccc(C(N)=O)cc1)C(=O)O. The average molecular weight is 290 g/mol. The smallest absolute Gasteiger partial charge is 0.308 e. The normalized spacial score (nSPS) is 12.0. The number of benzene rings is 1. The molecule has 0 spiro atoms. The Kier molecular flexibility index (Phi) is 6.13. The molecule has 0 aliphatic carbocycles. The minimum Gasteiger partial charge on any atom is -0.481 e. The average Bonchev–Trinajstić information content (AvgIpc) is 2.45. The molecule has 0 bridgehead atoms. The summed E-state index contributed by atoms with van der Waals surface area (Å²) in [5.41, 5.74) is 6.25. The number of amides is 2. The molecular formula is C15H18N2O4. The highest BCUT2D eigenvalue weighted by molar-refractivity contribution is 5.94. The van der Waals surface area contributed by atoms with Crippen LogP contribution in [0.2, 0.25) is 0 Å². The lowest BCUT2D eigenvalue weighted by Gasteiger charge is -2.09. The predicted octanol–water partition coefficient (Wildman–Crippen LogP) is 1.03. The van der Waals surface area contributed by atoms with Crippen molar-refractivity contribution in [2.24, 2.45) is 11.7 Å². The lowest BCUT2D eigenvalue weighted by atomic mass is 10.1. The number of hydrogen-bond acceptors (Lipinski definition) is 3. The van der Waals surface area contributed by atoms with Crippen molar-refractivity contribution >= 4 is 23.9 Å². The van der Waals surface area contributed by atoms with E-state index in [4.69, 9.17) is 10.8 Å². The monoisotopic (exact) mass is 290 g/mol. The first-order valence-electron chi connectivity index (χ1n) is 6.52. The van der Waals surface area contributed by atoms with E-state index in [0.29, 0.717) is 12.0 Å². The zero-order valence-electron chi connectivity index (χ0n) is 11.7. The number of carbonyl (C=O) groups is 3. The topological polar surface area (TPSA) is 109 Å². The molecule has 1 aromatic carbocycles. The van der Waals surface area contributed by atoms with E-state index in [-0.39, 0.29) is 12.5 Å². The van der Waals surface area contributed by atoms with Crippen LogP contribution in [0.1, 0.15) is 29.3 Å². The standard InChI is InChI=1S/C15H18N2O4/c1-2-11(15(20)21)9-17-13(18)8-5-10-3-6-12(7-4-10)14(16)19/h3-8,11H,2,9H2,1H3,(H2,16,19)(H,17,18)(H,20,21). The van der Waals surface area contributed by atoms with Gasteiger partial charge >= 0.3 is 5.97 Å². The molecule has 6 nitrogen and oxygen atoms in total. The highest BCUT2D eigenvalue weighted by Gasteiger charge is 2.14. The number of nitrogens with two attached hydrogens (primary N) is 1. The van der Waals surface area contributed by atoms with E-state index < -0.39 is 17.8 Å². The molecule has 2 amide bonds. The Labute approximate surface area is 122 Å². The minimum absolute atomic E-state index is 0.0929. The van der Waals surface area contributed by atoms with Crippen LogP contribution in [0.3, 0.4) is 0 Å². The number of rotatable bonds is 7. The van der Waals surface area contributed by atoms with Crippen molar-refractivity contribution in [3.05, 3.63) is 41.5 Å². The summed E-state index contributed by atoms with van der Waals surface area (Å²) in [5.74, 6) is -2.39. The Hall–Kier alpha value is -2.63. The maximum absolute atomic E-state index is 11.6. The van der Waals surface area contributed by atoms with Crippen LogP contribution >= 0.6 is 0 Å². The Morgan fingerprint density at radius 3 is 2.38 bits per heavy atom. The van der Waals surface area contributed by atoms with Crippen molar-refractivity contribution in [1.82, 2.24) is 5.32 Å². The fourth-order valence-electron chi connectivity index (χ4n) is 1.62. The third-order valence-electron chi connectivity index (χ3n) is 2.99. The second-order valence-corrected chi connectivity index (χ2v) is 4.51. The molecule has 1 unspecified atom stereocenters. The van der Waals surface area contributed by atoms with Gasteiger partial charge in [0, 0.05) is 18.2 Å². The molecule has 0 aliphatic rings. The molecule has 1 aromatic rings. The van der Waals surface area contributed by atoms with Gasteiger partial charge in [0.2, 0.25) is 11.8 Å². The number of carbonyl (C=O) groups excluding carboxylic acids is 2. The van der Waals surface area contributed by atoms with E-state index in [0.717, 1.165) is 5.56 Å². The summed E-state index contributed by atoms with van der Waals surface area (Å²) < 4.78 is 0. The van der Waals surface area contributed by atoms with E-state index in [1.54, 1.807) is 37.3 Å². The predicted molar refractivity (Wildman–Crippen MR) is 78.4 cm³/mol. The first kappa shape index (κ1) is 16.4. The first-order chi connectivity index (χ1) is 9.93. The summed E-state index contributed by atoms with van der Waals surface area (Å²) in [5, 5.41) is 11.4.